The molecular weight excluding hydrogens is 278 g/mol. The van der Waals surface area contributed by atoms with Crippen LogP contribution in [0.5, 0.6) is 0 Å². The first-order chi connectivity index (χ1) is 9.22. The molecule has 6 heteroatoms. The number of thiazole rings is 1. The molecule has 1 saturated heterocycles. The van der Waals surface area contributed by atoms with Gasteiger partial charge in [-0.25, -0.2) is 4.98 Å². The lowest BCUT2D eigenvalue weighted by atomic mass is 9.94. The third-order valence-electron chi connectivity index (χ3n) is 3.33. The van der Waals surface area contributed by atoms with Crippen LogP contribution in [0.25, 0.3) is 0 Å². The maximum atomic E-state index is 10.3. The van der Waals surface area contributed by atoms with Crippen molar-refractivity contribution in [2.75, 3.05) is 32.4 Å². The van der Waals surface area contributed by atoms with Gasteiger partial charge in [0.05, 0.1) is 11.3 Å². The Balaban J connectivity index is 1.65. The molecule has 2 rings (SSSR count). The topological polar surface area (TPSA) is 57.2 Å². The zero-order valence-corrected chi connectivity index (χ0v) is 13.1. The van der Waals surface area contributed by atoms with E-state index >= 15 is 0 Å². The maximum Gasteiger partial charge on any atom is 0.103 e. The smallest absolute Gasteiger partial charge is 0.103 e. The average molecular weight is 301 g/mol. The number of nitrogens with one attached hydrogen (secondary N) is 2. The number of thioether (sulfide) groups is 1. The van der Waals surface area contributed by atoms with Crippen molar-refractivity contribution >= 4 is 23.1 Å². The van der Waals surface area contributed by atoms with E-state index in [-0.39, 0.29) is 0 Å². The Morgan fingerprint density at radius 3 is 3.26 bits per heavy atom. The summed E-state index contributed by atoms with van der Waals surface area (Å²) in [5, 5.41) is 20.3. The molecule has 108 valence electrons. The molecule has 0 amide bonds. The monoisotopic (exact) mass is 301 g/mol. The predicted molar refractivity (Wildman–Crippen MR) is 83.0 cm³/mol. The van der Waals surface area contributed by atoms with Crippen molar-refractivity contribution in [3.05, 3.63) is 16.1 Å². The molecular formula is C13H23N3OS2. The van der Waals surface area contributed by atoms with Crippen LogP contribution in [-0.4, -0.2) is 48.1 Å². The summed E-state index contributed by atoms with van der Waals surface area (Å²) in [7, 11) is 0. The summed E-state index contributed by atoms with van der Waals surface area (Å²) in [6, 6.07) is 0. The Morgan fingerprint density at radius 2 is 2.53 bits per heavy atom. The van der Waals surface area contributed by atoms with Gasteiger partial charge in [0, 0.05) is 37.2 Å². The van der Waals surface area contributed by atoms with E-state index in [4.69, 9.17) is 0 Å². The number of β-amino-alcohol motifs (C(OH)–C–C–N with tert-alkyl or cyclic N) is 1. The highest BCUT2D eigenvalue weighted by molar-refractivity contribution is 7.97. The molecule has 4 nitrogen and oxygen atoms in total. The maximum absolute atomic E-state index is 10.3. The molecule has 0 bridgehead atoms. The quantitative estimate of drug-likeness (QED) is 0.662. The zero-order valence-electron chi connectivity index (χ0n) is 11.4. The predicted octanol–water partition coefficient (Wildman–Crippen LogP) is 1.25. The van der Waals surface area contributed by atoms with Gasteiger partial charge in [-0.15, -0.1) is 11.3 Å². The van der Waals surface area contributed by atoms with E-state index in [0.29, 0.717) is 13.1 Å². The van der Waals surface area contributed by atoms with Gasteiger partial charge in [0.1, 0.15) is 5.01 Å². The van der Waals surface area contributed by atoms with Crippen molar-refractivity contribution in [3.8, 4) is 0 Å². The zero-order chi connectivity index (χ0) is 13.6. The second kappa shape index (κ2) is 7.59. The first kappa shape index (κ1) is 15.3. The van der Waals surface area contributed by atoms with Crippen LogP contribution in [0, 0.1) is 0 Å². The van der Waals surface area contributed by atoms with Gasteiger partial charge in [-0.1, -0.05) is 0 Å². The van der Waals surface area contributed by atoms with E-state index in [9.17, 15) is 5.11 Å². The highest BCUT2D eigenvalue weighted by Gasteiger charge is 2.28. The van der Waals surface area contributed by atoms with Gasteiger partial charge in [-0.3, -0.25) is 0 Å². The molecule has 2 heterocycles. The summed E-state index contributed by atoms with van der Waals surface area (Å²) in [5.41, 5.74) is 0.597. The Morgan fingerprint density at radius 1 is 1.63 bits per heavy atom. The van der Waals surface area contributed by atoms with Crippen LogP contribution in [0.3, 0.4) is 0 Å². The van der Waals surface area contributed by atoms with E-state index in [0.717, 1.165) is 43.8 Å². The minimum absolute atomic E-state index is 0.565. The average Bonchev–Trinajstić information content (AvgIpc) is 2.84. The molecule has 1 aliphatic rings. The van der Waals surface area contributed by atoms with Crippen LogP contribution < -0.4 is 10.6 Å². The summed E-state index contributed by atoms with van der Waals surface area (Å²) in [5.74, 6) is 1.00. The fourth-order valence-corrected chi connectivity index (χ4v) is 3.84. The summed E-state index contributed by atoms with van der Waals surface area (Å²) >= 11 is 3.55. The number of aliphatic hydroxyl groups is 1. The second-order valence-electron chi connectivity index (χ2n) is 5.10. The molecule has 0 aromatic carbocycles. The lowest BCUT2D eigenvalue weighted by Crippen LogP contribution is -2.52. The van der Waals surface area contributed by atoms with Gasteiger partial charge in [0.25, 0.3) is 0 Å². The molecule has 0 radical (unpaired) electrons. The van der Waals surface area contributed by atoms with Gasteiger partial charge < -0.3 is 15.7 Å². The van der Waals surface area contributed by atoms with Crippen LogP contribution in [-0.2, 0) is 12.2 Å². The molecule has 0 spiro atoms. The van der Waals surface area contributed by atoms with Gasteiger partial charge >= 0.3 is 0 Å². The molecule has 1 aromatic rings. The van der Waals surface area contributed by atoms with Crippen molar-refractivity contribution in [2.24, 2.45) is 0 Å². The minimum atomic E-state index is -0.565. The van der Waals surface area contributed by atoms with E-state index in [1.165, 1.54) is 5.01 Å². The normalized spacial score (nSPS) is 23.7. The first-order valence-corrected chi connectivity index (χ1v) is 9.05. The Hall–Kier alpha value is -0.140. The van der Waals surface area contributed by atoms with Crippen LogP contribution >= 0.6 is 23.1 Å². The molecule has 1 aliphatic heterocycles. The molecule has 0 saturated carbocycles. The molecule has 19 heavy (non-hydrogen) atoms. The van der Waals surface area contributed by atoms with Gasteiger partial charge in [-0.2, -0.15) is 11.8 Å². The van der Waals surface area contributed by atoms with Crippen molar-refractivity contribution in [3.63, 3.8) is 0 Å². The number of rotatable bonds is 7. The van der Waals surface area contributed by atoms with E-state index < -0.39 is 5.60 Å². The Labute approximate surface area is 123 Å². The third-order valence-corrected chi connectivity index (χ3v) is 4.97. The van der Waals surface area contributed by atoms with Crippen molar-refractivity contribution in [1.29, 1.82) is 0 Å². The van der Waals surface area contributed by atoms with Crippen molar-refractivity contribution < 1.29 is 5.11 Å². The van der Waals surface area contributed by atoms with Gasteiger partial charge in [0.2, 0.25) is 0 Å². The van der Waals surface area contributed by atoms with Crippen molar-refractivity contribution in [2.45, 2.75) is 30.6 Å². The summed E-state index contributed by atoms with van der Waals surface area (Å²) in [6.07, 6.45) is 4.99. The van der Waals surface area contributed by atoms with Crippen LogP contribution in [0.4, 0.5) is 0 Å². The van der Waals surface area contributed by atoms with E-state index in [2.05, 4.69) is 27.3 Å². The lowest BCUT2D eigenvalue weighted by Gasteiger charge is -2.32. The fraction of sp³-hybridized carbons (Fsp3) is 0.769. The SMILES string of the molecule is CSCc1nc(CCNC[C@]2(O)CCCNC2)cs1. The largest absolute Gasteiger partial charge is 0.387 e. The molecule has 1 fully saturated rings. The van der Waals surface area contributed by atoms with Crippen LogP contribution in [0.2, 0.25) is 0 Å². The second-order valence-corrected chi connectivity index (χ2v) is 6.91. The fourth-order valence-electron chi connectivity index (χ4n) is 2.29. The first-order valence-electron chi connectivity index (χ1n) is 6.78. The number of nitrogens with zero attached hydrogens (tertiary/aromatic N) is 1. The van der Waals surface area contributed by atoms with Gasteiger partial charge in [-0.05, 0) is 25.6 Å². The number of aromatic nitrogens is 1. The van der Waals surface area contributed by atoms with Crippen LogP contribution in [0.1, 0.15) is 23.5 Å². The van der Waals surface area contributed by atoms with Crippen molar-refractivity contribution in [1.82, 2.24) is 15.6 Å². The molecule has 0 unspecified atom stereocenters. The number of hydrogen-bond donors (Lipinski definition) is 3. The Kier molecular flexibility index (Phi) is 6.09. The highest BCUT2D eigenvalue weighted by atomic mass is 32.2. The lowest BCUT2D eigenvalue weighted by molar-refractivity contribution is 0.0174. The van der Waals surface area contributed by atoms with E-state index in [1.54, 1.807) is 23.1 Å². The standard InChI is InChI=1S/C13H23N3OS2/c1-18-8-12-16-11(7-19-12)3-6-15-10-13(17)4-2-5-14-9-13/h7,14-15,17H,2-6,8-10H2,1H3/t13-/m0/s1. The summed E-state index contributed by atoms with van der Waals surface area (Å²) in [6.45, 7) is 3.28. The molecule has 3 N–H and O–H groups in total. The summed E-state index contributed by atoms with van der Waals surface area (Å²) < 4.78 is 0. The number of hydrogen-bond acceptors (Lipinski definition) is 6. The van der Waals surface area contributed by atoms with E-state index in [1.807, 2.05) is 0 Å². The summed E-state index contributed by atoms with van der Waals surface area (Å²) in [4.78, 5) is 4.58. The third kappa shape index (κ3) is 5.04. The number of piperidine rings is 1. The molecule has 1 aromatic heterocycles. The van der Waals surface area contributed by atoms with Gasteiger partial charge in [0.15, 0.2) is 0 Å². The molecule has 0 aliphatic carbocycles. The minimum Gasteiger partial charge on any atom is -0.387 e. The highest BCUT2D eigenvalue weighted by Crippen LogP contribution is 2.16. The molecule has 1 atom stereocenters. The Bertz CT molecular complexity index is 378. The van der Waals surface area contributed by atoms with Crippen LogP contribution in [0.15, 0.2) is 5.38 Å².